The highest BCUT2D eigenvalue weighted by Gasteiger charge is 2.32. The highest BCUT2D eigenvalue weighted by molar-refractivity contribution is 5.75. The Labute approximate surface area is 297 Å². The van der Waals surface area contributed by atoms with Gasteiger partial charge < -0.3 is 13.7 Å². The Bertz CT molecular complexity index is 691. The molecular formula is C42H90N3O2+3. The van der Waals surface area contributed by atoms with E-state index in [1.165, 1.54) is 167 Å². The van der Waals surface area contributed by atoms with Crippen molar-refractivity contribution < 1.29 is 23.0 Å². The number of nitrogens with zero attached hydrogens (tertiary/aromatic N) is 3. The molecule has 0 aromatic carbocycles. The molecule has 5 heteroatoms. The van der Waals surface area contributed by atoms with Gasteiger partial charge in [0, 0.05) is 12.8 Å². The van der Waals surface area contributed by atoms with E-state index in [-0.39, 0.29) is 5.97 Å². The number of ether oxygens (including phenoxy) is 1. The minimum atomic E-state index is -0.410. The maximum absolute atomic E-state index is 12.9. The molecule has 0 unspecified atom stereocenters. The average molecular weight is 669 g/mol. The van der Waals surface area contributed by atoms with Gasteiger partial charge in [-0.15, -0.1) is 0 Å². The van der Waals surface area contributed by atoms with Crippen LogP contribution in [0.1, 0.15) is 182 Å². The zero-order valence-electron chi connectivity index (χ0n) is 34.4. The van der Waals surface area contributed by atoms with Gasteiger partial charge >= 0.3 is 5.97 Å². The lowest BCUT2D eigenvalue weighted by atomic mass is 9.91. The van der Waals surface area contributed by atoms with Gasteiger partial charge in [0.1, 0.15) is 0 Å². The monoisotopic (exact) mass is 669 g/mol. The van der Waals surface area contributed by atoms with Crippen LogP contribution in [0.5, 0.6) is 0 Å². The van der Waals surface area contributed by atoms with Gasteiger partial charge in [0.15, 0.2) is 0 Å². The summed E-state index contributed by atoms with van der Waals surface area (Å²) in [7, 11) is 12.0. The fraction of sp³-hybridized carbons (Fsp3) is 0.976. The van der Waals surface area contributed by atoms with Crippen LogP contribution in [-0.4, -0.2) is 101 Å². The third-order valence-electron chi connectivity index (χ3n) is 11.1. The lowest BCUT2D eigenvalue weighted by molar-refractivity contribution is -0.939. The van der Waals surface area contributed by atoms with Gasteiger partial charge in [-0.1, -0.05) is 124 Å². The summed E-state index contributed by atoms with van der Waals surface area (Å²) in [5.74, 6) is -0.0431. The van der Waals surface area contributed by atoms with Gasteiger partial charge in [-0.05, 0) is 46.0 Å². The quantitative estimate of drug-likeness (QED) is 0.0295. The van der Waals surface area contributed by atoms with E-state index in [9.17, 15) is 4.79 Å². The first-order valence-electron chi connectivity index (χ1n) is 20.9. The molecule has 47 heavy (non-hydrogen) atoms. The molecule has 0 rings (SSSR count). The molecule has 0 heterocycles. The maximum atomic E-state index is 12.9. The van der Waals surface area contributed by atoms with E-state index in [0.29, 0.717) is 6.73 Å². The van der Waals surface area contributed by atoms with Gasteiger partial charge in [0.05, 0.1) is 79.9 Å². The summed E-state index contributed by atoms with van der Waals surface area (Å²) in [6.45, 7) is 18.3. The molecule has 0 aliphatic rings. The van der Waals surface area contributed by atoms with E-state index in [4.69, 9.17) is 4.74 Å². The second-order valence-electron chi connectivity index (χ2n) is 17.7. The van der Waals surface area contributed by atoms with Crippen molar-refractivity contribution >= 4 is 5.97 Å². The molecule has 5 nitrogen and oxygen atoms in total. The fourth-order valence-electron chi connectivity index (χ4n) is 6.83. The van der Waals surface area contributed by atoms with Crippen molar-refractivity contribution in [1.82, 2.24) is 0 Å². The van der Waals surface area contributed by atoms with Gasteiger partial charge in [0.25, 0.3) is 0 Å². The van der Waals surface area contributed by atoms with Crippen molar-refractivity contribution in [3.8, 4) is 0 Å². The minimum absolute atomic E-state index is 0.0431. The largest absolute Gasteiger partial charge is 0.415 e. The number of carbonyl (C=O) groups excluding carboxylic acids is 1. The van der Waals surface area contributed by atoms with E-state index >= 15 is 0 Å². The van der Waals surface area contributed by atoms with E-state index < -0.39 is 5.41 Å². The van der Waals surface area contributed by atoms with Crippen LogP contribution < -0.4 is 0 Å². The van der Waals surface area contributed by atoms with Gasteiger partial charge in [-0.2, -0.15) is 0 Å². The van der Waals surface area contributed by atoms with E-state index in [0.717, 1.165) is 33.0 Å². The molecule has 0 aromatic rings. The smallest absolute Gasteiger partial charge is 0.315 e. The van der Waals surface area contributed by atoms with Crippen molar-refractivity contribution in [3.05, 3.63) is 0 Å². The number of hydrogen-bond acceptors (Lipinski definition) is 2. The Morgan fingerprint density at radius 3 is 1.06 bits per heavy atom. The van der Waals surface area contributed by atoms with Crippen LogP contribution in [0.15, 0.2) is 0 Å². The third kappa shape index (κ3) is 26.8. The summed E-state index contributed by atoms with van der Waals surface area (Å²) < 4.78 is 9.06. The lowest BCUT2D eigenvalue weighted by Crippen LogP contribution is -2.52. The first-order chi connectivity index (χ1) is 22.2. The zero-order valence-corrected chi connectivity index (χ0v) is 34.4. The summed E-state index contributed by atoms with van der Waals surface area (Å²) in [4.78, 5) is 12.9. The van der Waals surface area contributed by atoms with Crippen molar-refractivity contribution in [2.75, 3.05) is 81.2 Å². The van der Waals surface area contributed by atoms with Gasteiger partial charge in [-0.25, -0.2) is 0 Å². The number of unbranched alkanes of at least 4 members (excludes halogenated alkanes) is 18. The highest BCUT2D eigenvalue weighted by atomic mass is 16.5. The van der Waals surface area contributed by atoms with Crippen molar-refractivity contribution in [2.24, 2.45) is 5.41 Å². The second-order valence-corrected chi connectivity index (χ2v) is 17.7. The topological polar surface area (TPSA) is 26.3 Å². The molecule has 0 aliphatic heterocycles. The van der Waals surface area contributed by atoms with Crippen LogP contribution in [-0.2, 0) is 9.53 Å². The normalized spacial score (nSPS) is 13.0. The van der Waals surface area contributed by atoms with E-state index in [1.54, 1.807) is 0 Å². The molecule has 0 bridgehead atoms. The molecule has 0 atom stereocenters. The molecule has 282 valence electrons. The maximum Gasteiger partial charge on any atom is 0.315 e. The summed E-state index contributed by atoms with van der Waals surface area (Å²) in [5.41, 5.74) is -0.410. The van der Waals surface area contributed by atoms with Crippen LogP contribution in [0.3, 0.4) is 0 Å². The van der Waals surface area contributed by atoms with Crippen molar-refractivity contribution in [1.29, 1.82) is 0 Å². The number of carbonyl (C=O) groups is 1. The van der Waals surface area contributed by atoms with Gasteiger partial charge in [0.2, 0.25) is 6.73 Å². The van der Waals surface area contributed by atoms with Gasteiger partial charge in [-0.3, -0.25) is 9.28 Å². The Morgan fingerprint density at radius 2 is 0.745 bits per heavy atom. The zero-order chi connectivity index (χ0) is 35.5. The third-order valence-corrected chi connectivity index (χ3v) is 11.1. The number of hydrogen-bond donors (Lipinski definition) is 0. The summed E-state index contributed by atoms with van der Waals surface area (Å²) >= 11 is 0. The summed E-state index contributed by atoms with van der Waals surface area (Å²) in [5, 5.41) is 0. The molecular weight excluding hydrogens is 578 g/mol. The van der Waals surface area contributed by atoms with Crippen molar-refractivity contribution in [2.45, 2.75) is 182 Å². The Kier molecular flexibility index (Phi) is 26.7. The number of rotatable bonds is 34. The Hall–Kier alpha value is -0.650. The molecule has 0 saturated carbocycles. The summed E-state index contributed by atoms with van der Waals surface area (Å²) in [6.07, 6.45) is 31.1. The molecule has 0 spiro atoms. The standard InChI is InChI=1S/C42H90N3O2/c1-11-14-16-18-20-22-24-26-28-30-34-43(6,7)36-32-38-45(10,40-47-41(46)42(4,5)13-3)39-33-37-44(8,9)35-31-29-27-25-23-21-19-17-15-12-2/h11-40H2,1-10H3/q+3. The van der Waals surface area contributed by atoms with Crippen LogP contribution >= 0.6 is 0 Å². The predicted octanol–water partition coefficient (Wildman–Crippen LogP) is 11.1. The SMILES string of the molecule is CCCCCCCCCCCC[N+](C)(C)CCC[N+](C)(CCC[N+](C)(C)CCCCCCCCCCCC)COC(=O)C(C)(C)CC. The van der Waals surface area contributed by atoms with E-state index in [1.807, 2.05) is 13.8 Å². The first-order valence-corrected chi connectivity index (χ1v) is 20.9. The molecule has 0 amide bonds. The second kappa shape index (κ2) is 27.1. The minimum Gasteiger partial charge on any atom is -0.415 e. The molecule has 0 aliphatic carbocycles. The average Bonchev–Trinajstić information content (AvgIpc) is 3.01. The predicted molar refractivity (Wildman–Crippen MR) is 208 cm³/mol. The summed E-state index contributed by atoms with van der Waals surface area (Å²) in [6, 6.07) is 0. The molecule has 0 radical (unpaired) electrons. The molecule has 0 fully saturated rings. The first kappa shape index (κ1) is 46.4. The molecule has 0 aromatic heterocycles. The molecule has 0 N–H and O–H groups in total. The van der Waals surface area contributed by atoms with Crippen molar-refractivity contribution in [3.63, 3.8) is 0 Å². The lowest BCUT2D eigenvalue weighted by Gasteiger charge is -2.37. The highest BCUT2D eigenvalue weighted by Crippen LogP contribution is 2.23. The van der Waals surface area contributed by atoms with Crippen LogP contribution in [0, 0.1) is 5.41 Å². The number of quaternary nitrogens is 3. The Balaban J connectivity index is 4.64. The molecule has 0 saturated heterocycles. The fourth-order valence-corrected chi connectivity index (χ4v) is 6.83. The van der Waals surface area contributed by atoms with Crippen LogP contribution in [0.4, 0.5) is 0 Å². The van der Waals surface area contributed by atoms with E-state index in [2.05, 4.69) is 56.0 Å². The van der Waals surface area contributed by atoms with Crippen LogP contribution in [0.2, 0.25) is 0 Å². The van der Waals surface area contributed by atoms with Crippen LogP contribution in [0.25, 0.3) is 0 Å². The Morgan fingerprint density at radius 1 is 0.447 bits per heavy atom. The number of esters is 1.